The molecule has 0 fully saturated rings. The van der Waals surface area contributed by atoms with E-state index < -0.39 is 0 Å². The minimum absolute atomic E-state index is 0.496. The Kier molecular flexibility index (Phi) is 3.29. The molecule has 0 amide bonds. The number of aromatic nitrogens is 3. The Balaban J connectivity index is 2.09. The lowest BCUT2D eigenvalue weighted by Crippen LogP contribution is -2.14. The van der Waals surface area contributed by atoms with Crippen molar-refractivity contribution in [3.05, 3.63) is 59.7 Å². The molecule has 1 heterocycles. The number of fused-ring (bicyclic) bond motifs is 5. The first-order valence-electron chi connectivity index (χ1n) is 8.24. The summed E-state index contributed by atoms with van der Waals surface area (Å²) in [6.45, 7) is 4.63. The molecule has 3 heteroatoms. The van der Waals surface area contributed by atoms with E-state index in [9.17, 15) is 0 Å². The minimum atomic E-state index is 0.496. The standard InChI is InChI=1S/C20H21N3/c1-13(2)18-12-14-8-4-5-9-15(14)19-20(23(3)22-21-19)17-11-7-6-10-16(17)18/h4-11,13,18H,12H2,1-3H3. The van der Waals surface area contributed by atoms with E-state index >= 15 is 0 Å². The van der Waals surface area contributed by atoms with E-state index in [1.165, 1.54) is 22.3 Å². The van der Waals surface area contributed by atoms with E-state index in [0.29, 0.717) is 11.8 Å². The first kappa shape index (κ1) is 14.2. The van der Waals surface area contributed by atoms with E-state index in [2.05, 4.69) is 72.7 Å². The molecule has 1 unspecified atom stereocenters. The summed E-state index contributed by atoms with van der Waals surface area (Å²) in [6, 6.07) is 17.4. The summed E-state index contributed by atoms with van der Waals surface area (Å²) < 4.78 is 1.91. The lowest BCUT2D eigenvalue weighted by molar-refractivity contribution is 0.496. The number of aryl methyl sites for hydroxylation is 1. The third kappa shape index (κ3) is 2.19. The van der Waals surface area contributed by atoms with Crippen molar-refractivity contribution in [2.24, 2.45) is 13.0 Å². The molecule has 0 bridgehead atoms. The average molecular weight is 303 g/mol. The normalized spacial score (nSPS) is 16.3. The number of hydrogen-bond acceptors (Lipinski definition) is 2. The Morgan fingerprint density at radius 3 is 2.48 bits per heavy atom. The lowest BCUT2D eigenvalue weighted by atomic mass is 9.77. The molecule has 1 atom stereocenters. The van der Waals surface area contributed by atoms with Crippen LogP contribution in [0.1, 0.15) is 30.9 Å². The molecule has 0 saturated heterocycles. The SMILES string of the molecule is CC(C)C1Cc2ccccc2-c2nnn(C)c2-c2ccccc21. The highest BCUT2D eigenvalue weighted by Gasteiger charge is 2.28. The maximum atomic E-state index is 4.48. The predicted octanol–water partition coefficient (Wildman–Crippen LogP) is 4.44. The van der Waals surface area contributed by atoms with Gasteiger partial charge in [0.1, 0.15) is 5.69 Å². The highest BCUT2D eigenvalue weighted by atomic mass is 15.4. The van der Waals surface area contributed by atoms with Gasteiger partial charge >= 0.3 is 0 Å². The maximum absolute atomic E-state index is 4.48. The van der Waals surface area contributed by atoms with Gasteiger partial charge in [-0.3, -0.25) is 0 Å². The Labute approximate surface area is 137 Å². The molecule has 0 spiro atoms. The molecule has 1 aliphatic rings. The van der Waals surface area contributed by atoms with Gasteiger partial charge in [0.15, 0.2) is 0 Å². The number of rotatable bonds is 1. The molecule has 2 aromatic carbocycles. The van der Waals surface area contributed by atoms with E-state index in [1.807, 2.05) is 11.7 Å². The third-order valence-electron chi connectivity index (χ3n) is 4.96. The zero-order valence-corrected chi connectivity index (χ0v) is 13.8. The summed E-state index contributed by atoms with van der Waals surface area (Å²) >= 11 is 0. The third-order valence-corrected chi connectivity index (χ3v) is 4.96. The Bertz CT molecular complexity index is 861. The van der Waals surface area contributed by atoms with Crippen LogP contribution in [0.5, 0.6) is 0 Å². The quantitative estimate of drug-likeness (QED) is 0.665. The van der Waals surface area contributed by atoms with Crippen molar-refractivity contribution >= 4 is 0 Å². The van der Waals surface area contributed by atoms with Crippen LogP contribution in [0.15, 0.2) is 48.5 Å². The van der Waals surface area contributed by atoms with Gasteiger partial charge in [-0.15, -0.1) is 5.10 Å². The minimum Gasteiger partial charge on any atom is -0.247 e. The van der Waals surface area contributed by atoms with Gasteiger partial charge in [-0.2, -0.15) is 0 Å². The van der Waals surface area contributed by atoms with E-state index in [0.717, 1.165) is 17.8 Å². The largest absolute Gasteiger partial charge is 0.247 e. The second kappa shape index (κ2) is 5.34. The van der Waals surface area contributed by atoms with Gasteiger partial charge in [0.2, 0.25) is 0 Å². The van der Waals surface area contributed by atoms with E-state index in [1.54, 1.807) is 0 Å². The van der Waals surface area contributed by atoms with Crippen LogP contribution in [0.3, 0.4) is 0 Å². The molecular formula is C20H21N3. The van der Waals surface area contributed by atoms with Crippen molar-refractivity contribution < 1.29 is 0 Å². The fraction of sp³-hybridized carbons (Fsp3) is 0.300. The highest BCUT2D eigenvalue weighted by molar-refractivity contribution is 5.82. The molecule has 0 N–H and O–H groups in total. The number of hydrogen-bond donors (Lipinski definition) is 0. The van der Waals surface area contributed by atoms with Crippen molar-refractivity contribution in [3.63, 3.8) is 0 Å². The molecule has 0 saturated carbocycles. The summed E-state index contributed by atoms with van der Waals surface area (Å²) in [5, 5.41) is 8.80. The van der Waals surface area contributed by atoms with Crippen LogP contribution in [-0.4, -0.2) is 15.0 Å². The van der Waals surface area contributed by atoms with Crippen LogP contribution in [0.2, 0.25) is 0 Å². The molecule has 1 aromatic heterocycles. The fourth-order valence-electron chi connectivity index (χ4n) is 3.75. The first-order valence-corrected chi connectivity index (χ1v) is 8.24. The van der Waals surface area contributed by atoms with Crippen molar-refractivity contribution in [3.8, 4) is 22.5 Å². The molecule has 0 aliphatic heterocycles. The van der Waals surface area contributed by atoms with Crippen molar-refractivity contribution in [1.29, 1.82) is 0 Å². The zero-order chi connectivity index (χ0) is 16.0. The van der Waals surface area contributed by atoms with Crippen LogP contribution < -0.4 is 0 Å². The molecule has 116 valence electrons. The van der Waals surface area contributed by atoms with Crippen LogP contribution in [0.25, 0.3) is 22.5 Å². The molecule has 3 aromatic rings. The Hall–Kier alpha value is -2.42. The van der Waals surface area contributed by atoms with Crippen LogP contribution in [0, 0.1) is 5.92 Å². The van der Waals surface area contributed by atoms with Crippen LogP contribution in [-0.2, 0) is 13.5 Å². The van der Waals surface area contributed by atoms with E-state index in [-0.39, 0.29) is 0 Å². The van der Waals surface area contributed by atoms with Crippen molar-refractivity contribution in [1.82, 2.24) is 15.0 Å². The van der Waals surface area contributed by atoms with Gasteiger partial charge in [-0.1, -0.05) is 67.6 Å². The van der Waals surface area contributed by atoms with E-state index in [4.69, 9.17) is 0 Å². The second-order valence-corrected chi connectivity index (χ2v) is 6.71. The Morgan fingerprint density at radius 1 is 1.00 bits per heavy atom. The molecule has 23 heavy (non-hydrogen) atoms. The molecule has 0 radical (unpaired) electrons. The summed E-state index contributed by atoms with van der Waals surface area (Å²) in [5.74, 6) is 1.07. The molecule has 1 aliphatic carbocycles. The summed E-state index contributed by atoms with van der Waals surface area (Å²) in [7, 11) is 1.98. The van der Waals surface area contributed by atoms with Gasteiger partial charge in [-0.25, -0.2) is 4.68 Å². The smallest absolute Gasteiger partial charge is 0.121 e. The number of nitrogens with zero attached hydrogens (tertiary/aromatic N) is 3. The molecule has 4 rings (SSSR count). The first-order chi connectivity index (χ1) is 11.2. The monoisotopic (exact) mass is 303 g/mol. The summed E-state index contributed by atoms with van der Waals surface area (Å²) in [4.78, 5) is 0. The predicted molar refractivity (Wildman–Crippen MR) is 93.2 cm³/mol. The fourth-order valence-corrected chi connectivity index (χ4v) is 3.75. The molecule has 3 nitrogen and oxygen atoms in total. The Morgan fingerprint density at radius 2 is 1.70 bits per heavy atom. The van der Waals surface area contributed by atoms with Gasteiger partial charge < -0.3 is 0 Å². The maximum Gasteiger partial charge on any atom is 0.121 e. The average Bonchev–Trinajstić information content (AvgIpc) is 2.92. The summed E-state index contributed by atoms with van der Waals surface area (Å²) in [6.07, 6.45) is 1.04. The highest BCUT2D eigenvalue weighted by Crippen LogP contribution is 2.42. The van der Waals surface area contributed by atoms with Gasteiger partial charge in [0.25, 0.3) is 0 Å². The number of benzene rings is 2. The molecular weight excluding hydrogens is 282 g/mol. The van der Waals surface area contributed by atoms with Crippen molar-refractivity contribution in [2.45, 2.75) is 26.2 Å². The zero-order valence-electron chi connectivity index (χ0n) is 13.8. The van der Waals surface area contributed by atoms with Gasteiger partial charge in [-0.05, 0) is 29.4 Å². The summed E-state index contributed by atoms with van der Waals surface area (Å²) in [5.41, 5.74) is 7.38. The topological polar surface area (TPSA) is 30.7 Å². The van der Waals surface area contributed by atoms with Crippen molar-refractivity contribution in [2.75, 3.05) is 0 Å². The van der Waals surface area contributed by atoms with Crippen LogP contribution in [0.4, 0.5) is 0 Å². The van der Waals surface area contributed by atoms with Gasteiger partial charge in [0, 0.05) is 18.2 Å². The van der Waals surface area contributed by atoms with Crippen LogP contribution >= 0.6 is 0 Å². The second-order valence-electron chi connectivity index (χ2n) is 6.71. The van der Waals surface area contributed by atoms with Gasteiger partial charge in [0.05, 0.1) is 5.69 Å². The lowest BCUT2D eigenvalue weighted by Gasteiger charge is -2.27.